The Kier molecular flexibility index (Phi) is 15.8. The molecule has 0 saturated heterocycles. The maximum atomic E-state index is 3.77. The predicted molar refractivity (Wildman–Crippen MR) is 74.4 cm³/mol. The summed E-state index contributed by atoms with van der Waals surface area (Å²) >= 11 is 0. The Morgan fingerprint density at radius 1 is 0.438 bits per heavy atom. The first kappa shape index (κ1) is 25.7. The molecule has 0 rings (SSSR count). The molecule has 16 heavy (non-hydrogen) atoms. The van der Waals surface area contributed by atoms with Crippen molar-refractivity contribution in [1.29, 1.82) is 0 Å². The van der Waals surface area contributed by atoms with Gasteiger partial charge in [0.05, 0.1) is 0 Å². The third kappa shape index (κ3) is 3680. The minimum absolute atomic E-state index is 0. The van der Waals surface area contributed by atoms with Gasteiger partial charge in [0.15, 0.2) is 0 Å². The van der Waals surface area contributed by atoms with E-state index in [0.29, 0.717) is 0 Å². The summed E-state index contributed by atoms with van der Waals surface area (Å²) in [6, 6.07) is 0. The molecule has 0 N–H and O–H groups in total. The first-order valence-corrected chi connectivity index (χ1v) is 5.56. The molecule has 1 heteroatoms. The van der Waals surface area contributed by atoms with Gasteiger partial charge in [0.2, 0.25) is 0 Å². The van der Waals surface area contributed by atoms with Crippen LogP contribution in [0.3, 0.4) is 0 Å². The molecule has 0 heterocycles. The van der Waals surface area contributed by atoms with Crippen LogP contribution in [0.15, 0.2) is 0 Å². The van der Waals surface area contributed by atoms with E-state index in [4.69, 9.17) is 0 Å². The molecule has 0 unspecified atom stereocenters. The molecule has 0 nitrogen and oxygen atoms in total. The van der Waals surface area contributed by atoms with E-state index in [1.54, 1.807) is 0 Å². The van der Waals surface area contributed by atoms with Gasteiger partial charge in [-0.25, -0.2) is 0 Å². The Bertz CT molecular complexity index is 80.5. The first-order valence-electron chi connectivity index (χ1n) is 5.56. The molecule has 0 aromatic carbocycles. The molecular formula is C15H33Zr+. The van der Waals surface area contributed by atoms with Crippen LogP contribution >= 0.6 is 0 Å². The van der Waals surface area contributed by atoms with Gasteiger partial charge in [-0.15, -0.1) is 0 Å². The zero-order valence-corrected chi connectivity index (χ0v) is 15.6. The van der Waals surface area contributed by atoms with Crippen LogP contribution in [0.5, 0.6) is 0 Å². The van der Waals surface area contributed by atoms with Crippen molar-refractivity contribution in [2.75, 3.05) is 0 Å². The molecule has 0 aliphatic rings. The van der Waals surface area contributed by atoms with Crippen molar-refractivity contribution in [3.8, 4) is 0 Å². The van der Waals surface area contributed by atoms with Crippen LogP contribution in [0.1, 0.15) is 62.3 Å². The quantitative estimate of drug-likeness (QED) is 0.511. The fourth-order valence-corrected chi connectivity index (χ4v) is 0. The Hall–Kier alpha value is 0.883. The van der Waals surface area contributed by atoms with E-state index in [2.05, 4.69) is 83.1 Å². The second kappa shape index (κ2) is 9.87. The van der Waals surface area contributed by atoms with Gasteiger partial charge < -0.3 is 20.8 Å². The zero-order chi connectivity index (χ0) is 13.5. The minimum atomic E-state index is 0. The fraction of sp³-hybridized carbons (Fsp3) is 0.800. The first-order chi connectivity index (χ1) is 6.00. The summed E-state index contributed by atoms with van der Waals surface area (Å²) in [5, 5.41) is 0. The fourth-order valence-electron chi connectivity index (χ4n) is 0. The molecule has 0 amide bonds. The summed E-state index contributed by atoms with van der Waals surface area (Å²) in [5.41, 5.74) is 0.750. The smallest absolute Gasteiger partial charge is 0.338 e. The van der Waals surface area contributed by atoms with E-state index in [-0.39, 0.29) is 42.4 Å². The Balaban J connectivity index is -0.0000000655. The van der Waals surface area contributed by atoms with Crippen LogP contribution in [0.25, 0.3) is 0 Å². The topological polar surface area (TPSA) is 0 Å². The van der Waals surface area contributed by atoms with Crippen molar-refractivity contribution in [2.24, 2.45) is 16.2 Å². The molecule has 0 aromatic heterocycles. The maximum absolute atomic E-state index is 3.77. The van der Waals surface area contributed by atoms with Crippen molar-refractivity contribution >= 4 is 0 Å². The summed E-state index contributed by atoms with van der Waals surface area (Å²) < 4.78 is 0. The van der Waals surface area contributed by atoms with Gasteiger partial charge in [0.25, 0.3) is 0 Å². The van der Waals surface area contributed by atoms with Crippen molar-refractivity contribution in [3.05, 3.63) is 20.8 Å². The van der Waals surface area contributed by atoms with E-state index in [9.17, 15) is 0 Å². The van der Waals surface area contributed by atoms with E-state index in [0.717, 1.165) is 0 Å². The van der Waals surface area contributed by atoms with Crippen molar-refractivity contribution < 1.29 is 26.2 Å². The summed E-state index contributed by atoms with van der Waals surface area (Å²) in [6.07, 6.45) is 0. The van der Waals surface area contributed by atoms with Gasteiger partial charge in [-0.2, -0.15) is 16.2 Å². The van der Waals surface area contributed by atoms with E-state index in [1.165, 1.54) is 0 Å². The van der Waals surface area contributed by atoms with Gasteiger partial charge in [-0.1, -0.05) is 62.3 Å². The summed E-state index contributed by atoms with van der Waals surface area (Å²) in [5.74, 6) is 0. The molecule has 0 spiro atoms. The Morgan fingerprint density at radius 3 is 0.438 bits per heavy atom. The van der Waals surface area contributed by atoms with Crippen LogP contribution in [0.2, 0.25) is 0 Å². The molecule has 96 valence electrons. The molecule has 0 fully saturated rings. The third-order valence-electron chi connectivity index (χ3n) is 0. The molecule has 0 radical (unpaired) electrons. The SMILES string of the molecule is [CH2-]C(C)(C)C.[CH2-]C(C)(C)C.[CH2-]C(C)(C)C.[Zr+4]. The average molecular weight is 305 g/mol. The maximum Gasteiger partial charge on any atom is 4.00 e. The van der Waals surface area contributed by atoms with Gasteiger partial charge in [0, 0.05) is 0 Å². The molecule has 0 aliphatic heterocycles. The molecule has 0 atom stereocenters. The number of rotatable bonds is 0. The second-order valence-electron chi connectivity index (χ2n) is 7.68. The van der Waals surface area contributed by atoms with Crippen molar-refractivity contribution in [3.63, 3.8) is 0 Å². The number of hydrogen-bond acceptors (Lipinski definition) is 0. The summed E-state index contributed by atoms with van der Waals surface area (Å²) in [6.45, 7) is 30.0. The van der Waals surface area contributed by atoms with Crippen LogP contribution < -0.4 is 0 Å². The molecular weight excluding hydrogens is 271 g/mol. The van der Waals surface area contributed by atoms with Crippen LogP contribution in [0.4, 0.5) is 0 Å². The largest absolute Gasteiger partial charge is 4.00 e. The predicted octanol–water partition coefficient (Wildman–Crippen LogP) is 5.60. The second-order valence-corrected chi connectivity index (χ2v) is 7.68. The molecule has 0 aliphatic carbocycles. The van der Waals surface area contributed by atoms with Crippen LogP contribution in [0, 0.1) is 37.0 Å². The molecule has 0 saturated carbocycles. The normalized spacial score (nSPS) is 11.2. The van der Waals surface area contributed by atoms with Gasteiger partial charge in [-0.05, 0) is 0 Å². The zero-order valence-electron chi connectivity index (χ0n) is 13.1. The van der Waals surface area contributed by atoms with Gasteiger partial charge in [0.1, 0.15) is 0 Å². The third-order valence-corrected chi connectivity index (χ3v) is 0. The minimum Gasteiger partial charge on any atom is -0.338 e. The van der Waals surface area contributed by atoms with E-state index in [1.807, 2.05) is 0 Å². The van der Waals surface area contributed by atoms with Crippen molar-refractivity contribution in [2.45, 2.75) is 62.3 Å². The average Bonchev–Trinajstić information content (AvgIpc) is 1.41. The number of hydrogen-bond donors (Lipinski definition) is 0. The van der Waals surface area contributed by atoms with E-state index < -0.39 is 0 Å². The molecule has 0 bridgehead atoms. The summed E-state index contributed by atoms with van der Waals surface area (Å²) in [4.78, 5) is 0. The van der Waals surface area contributed by atoms with Crippen LogP contribution in [-0.4, -0.2) is 0 Å². The Morgan fingerprint density at radius 2 is 0.438 bits per heavy atom. The molecule has 0 aromatic rings. The van der Waals surface area contributed by atoms with E-state index >= 15 is 0 Å². The van der Waals surface area contributed by atoms with Crippen LogP contribution in [-0.2, 0) is 26.2 Å². The Labute approximate surface area is 125 Å². The van der Waals surface area contributed by atoms with Gasteiger partial charge in [-0.3, -0.25) is 0 Å². The van der Waals surface area contributed by atoms with Gasteiger partial charge >= 0.3 is 26.2 Å². The summed E-state index contributed by atoms with van der Waals surface area (Å²) in [7, 11) is 0. The monoisotopic (exact) mass is 303 g/mol. The standard InChI is InChI=1S/3C5H11.Zr/c3*1-5(2,3)4;/h3*1H2,2-4H3;/q3*-1;+4. The van der Waals surface area contributed by atoms with Crippen molar-refractivity contribution in [1.82, 2.24) is 0 Å².